The average molecular weight is 200 g/mol. The van der Waals surface area contributed by atoms with E-state index >= 15 is 0 Å². The van der Waals surface area contributed by atoms with Crippen LogP contribution in [0.15, 0.2) is 0 Å². The molecule has 1 saturated carbocycles. The van der Waals surface area contributed by atoms with Crippen molar-refractivity contribution in [2.45, 2.75) is 13.3 Å². The highest BCUT2D eigenvalue weighted by Gasteiger charge is 2.60. The van der Waals surface area contributed by atoms with E-state index in [4.69, 9.17) is 10.2 Å². The summed E-state index contributed by atoms with van der Waals surface area (Å²) in [6.07, 6.45) is -0.611. The van der Waals surface area contributed by atoms with Crippen LogP contribution in [0.5, 0.6) is 0 Å². The number of hydrogen-bond acceptors (Lipinski definition) is 4. The minimum atomic E-state index is -2.11. The molecule has 76 valence electrons. The molecular formula is C8H8O6. The summed E-state index contributed by atoms with van der Waals surface area (Å²) in [5.74, 6) is -6.58. The van der Waals surface area contributed by atoms with Gasteiger partial charge in [0.1, 0.15) is 11.3 Å². The summed E-state index contributed by atoms with van der Waals surface area (Å²) in [5.41, 5.74) is -2.11. The highest BCUT2D eigenvalue weighted by atomic mass is 16.4. The van der Waals surface area contributed by atoms with E-state index < -0.39 is 41.3 Å². The van der Waals surface area contributed by atoms with E-state index in [2.05, 4.69) is 0 Å². The Morgan fingerprint density at radius 2 is 1.86 bits per heavy atom. The molecule has 1 fully saturated rings. The fraction of sp³-hybridized carbons (Fsp3) is 0.500. The lowest BCUT2D eigenvalue weighted by atomic mass is 9.79. The van der Waals surface area contributed by atoms with Gasteiger partial charge in [0.25, 0.3) is 0 Å². The zero-order valence-corrected chi connectivity index (χ0v) is 7.31. The van der Waals surface area contributed by atoms with E-state index in [1.807, 2.05) is 0 Å². The van der Waals surface area contributed by atoms with Gasteiger partial charge >= 0.3 is 11.9 Å². The summed E-state index contributed by atoms with van der Waals surface area (Å²) in [6.45, 7) is 0.974. The van der Waals surface area contributed by atoms with Gasteiger partial charge in [0.2, 0.25) is 0 Å². The molecule has 14 heavy (non-hydrogen) atoms. The number of carbonyl (C=O) groups excluding carboxylic acids is 2. The number of carboxylic acids is 2. The Morgan fingerprint density at radius 3 is 2.14 bits per heavy atom. The van der Waals surface area contributed by atoms with Crippen molar-refractivity contribution in [2.75, 3.05) is 0 Å². The number of rotatable bonds is 2. The zero-order valence-electron chi connectivity index (χ0n) is 7.31. The maximum Gasteiger partial charge on any atom is 0.318 e. The molecule has 0 radical (unpaired) electrons. The molecule has 1 aliphatic rings. The standard InChI is InChI=1S/C8H8O6/c1-8(7(13)14)4(10)2-3(9)5(8)6(11)12/h5H,2H2,1H3,(H,11,12)(H,13,14). The lowest BCUT2D eigenvalue weighted by Crippen LogP contribution is -2.42. The third-order valence-electron chi connectivity index (χ3n) is 2.50. The number of hydrogen-bond donors (Lipinski definition) is 2. The largest absolute Gasteiger partial charge is 0.481 e. The molecule has 0 spiro atoms. The lowest BCUT2D eigenvalue weighted by Gasteiger charge is -2.20. The summed E-state index contributed by atoms with van der Waals surface area (Å²) >= 11 is 0. The quantitative estimate of drug-likeness (QED) is 0.571. The fourth-order valence-corrected chi connectivity index (χ4v) is 1.55. The van der Waals surface area contributed by atoms with Crippen LogP contribution in [0, 0.1) is 11.3 Å². The van der Waals surface area contributed by atoms with E-state index in [1.54, 1.807) is 0 Å². The minimum Gasteiger partial charge on any atom is -0.481 e. The predicted octanol–water partition coefficient (Wildman–Crippen LogP) is -0.680. The molecule has 0 bridgehead atoms. The Morgan fingerprint density at radius 1 is 1.36 bits per heavy atom. The van der Waals surface area contributed by atoms with Crippen molar-refractivity contribution in [2.24, 2.45) is 11.3 Å². The van der Waals surface area contributed by atoms with Crippen molar-refractivity contribution in [3.05, 3.63) is 0 Å². The Bertz CT molecular complexity index is 344. The zero-order chi connectivity index (χ0) is 11.1. The predicted molar refractivity (Wildman–Crippen MR) is 41.5 cm³/mol. The van der Waals surface area contributed by atoms with Gasteiger partial charge in [0, 0.05) is 0 Å². The summed E-state index contributed by atoms with van der Waals surface area (Å²) in [6, 6.07) is 0. The second-order valence-corrected chi connectivity index (χ2v) is 3.35. The molecule has 0 aromatic heterocycles. The number of ketones is 2. The maximum absolute atomic E-state index is 11.2. The molecule has 2 unspecified atom stereocenters. The summed E-state index contributed by atoms with van der Waals surface area (Å²) in [4.78, 5) is 43.7. The third kappa shape index (κ3) is 1.11. The number of carboxylic acid groups (broad SMARTS) is 2. The van der Waals surface area contributed by atoms with Gasteiger partial charge in [-0.15, -0.1) is 0 Å². The average Bonchev–Trinajstić information content (AvgIpc) is 2.23. The van der Waals surface area contributed by atoms with Crippen LogP contribution in [-0.2, 0) is 19.2 Å². The molecule has 2 N–H and O–H groups in total. The van der Waals surface area contributed by atoms with Crippen molar-refractivity contribution >= 4 is 23.5 Å². The first-order chi connectivity index (χ1) is 6.31. The van der Waals surface area contributed by atoms with Gasteiger partial charge in [0.05, 0.1) is 6.42 Å². The molecule has 0 heterocycles. The van der Waals surface area contributed by atoms with Crippen LogP contribution in [0.25, 0.3) is 0 Å². The second kappa shape index (κ2) is 2.90. The molecule has 0 aromatic rings. The van der Waals surface area contributed by atoms with Crippen molar-refractivity contribution in [1.29, 1.82) is 0 Å². The van der Waals surface area contributed by atoms with Gasteiger partial charge in [-0.05, 0) is 6.92 Å². The fourth-order valence-electron chi connectivity index (χ4n) is 1.55. The molecule has 0 aromatic carbocycles. The first-order valence-electron chi connectivity index (χ1n) is 3.84. The first kappa shape index (κ1) is 10.4. The summed E-state index contributed by atoms with van der Waals surface area (Å²) in [5, 5.41) is 17.4. The van der Waals surface area contributed by atoms with Gasteiger partial charge in [0.15, 0.2) is 11.6 Å². The normalized spacial score (nSPS) is 31.9. The van der Waals surface area contributed by atoms with Crippen LogP contribution in [0.3, 0.4) is 0 Å². The first-order valence-corrected chi connectivity index (χ1v) is 3.84. The lowest BCUT2D eigenvalue weighted by molar-refractivity contribution is -0.164. The van der Waals surface area contributed by atoms with Crippen molar-refractivity contribution < 1.29 is 29.4 Å². The highest BCUT2D eigenvalue weighted by Crippen LogP contribution is 2.38. The van der Waals surface area contributed by atoms with Crippen molar-refractivity contribution in [3.8, 4) is 0 Å². The molecular weight excluding hydrogens is 192 g/mol. The third-order valence-corrected chi connectivity index (χ3v) is 2.50. The number of aliphatic carboxylic acids is 2. The van der Waals surface area contributed by atoms with E-state index in [-0.39, 0.29) is 0 Å². The van der Waals surface area contributed by atoms with Gasteiger partial charge in [-0.3, -0.25) is 19.2 Å². The Kier molecular flexibility index (Phi) is 2.15. The van der Waals surface area contributed by atoms with Gasteiger partial charge in [-0.2, -0.15) is 0 Å². The van der Waals surface area contributed by atoms with Crippen molar-refractivity contribution in [3.63, 3.8) is 0 Å². The van der Waals surface area contributed by atoms with Gasteiger partial charge in [-0.25, -0.2) is 0 Å². The molecule has 2 atom stereocenters. The Hall–Kier alpha value is -1.72. The number of carbonyl (C=O) groups is 4. The molecule has 6 nitrogen and oxygen atoms in total. The maximum atomic E-state index is 11.2. The van der Waals surface area contributed by atoms with Crippen LogP contribution in [0.2, 0.25) is 0 Å². The van der Waals surface area contributed by atoms with Crippen LogP contribution < -0.4 is 0 Å². The molecule has 0 amide bonds. The molecule has 1 aliphatic carbocycles. The minimum absolute atomic E-state index is 0.611. The smallest absolute Gasteiger partial charge is 0.318 e. The van der Waals surface area contributed by atoms with E-state index in [1.165, 1.54) is 0 Å². The van der Waals surface area contributed by atoms with E-state index in [0.717, 1.165) is 6.92 Å². The summed E-state index contributed by atoms with van der Waals surface area (Å²) < 4.78 is 0. The SMILES string of the molecule is CC1(C(=O)O)C(=O)CC(=O)C1C(=O)O. The van der Waals surface area contributed by atoms with E-state index in [0.29, 0.717) is 0 Å². The monoisotopic (exact) mass is 200 g/mol. The molecule has 6 heteroatoms. The van der Waals surface area contributed by atoms with Crippen molar-refractivity contribution in [1.82, 2.24) is 0 Å². The van der Waals surface area contributed by atoms with Gasteiger partial charge < -0.3 is 10.2 Å². The number of Topliss-reactive ketones (excluding diaryl/α,β-unsaturated/α-hetero) is 2. The molecule has 0 saturated heterocycles. The highest BCUT2D eigenvalue weighted by molar-refractivity contribution is 6.24. The van der Waals surface area contributed by atoms with Crippen LogP contribution in [0.4, 0.5) is 0 Å². The second-order valence-electron chi connectivity index (χ2n) is 3.35. The summed E-state index contributed by atoms with van der Waals surface area (Å²) in [7, 11) is 0. The molecule has 1 rings (SSSR count). The van der Waals surface area contributed by atoms with E-state index in [9.17, 15) is 19.2 Å². The topological polar surface area (TPSA) is 109 Å². The van der Waals surface area contributed by atoms with Gasteiger partial charge in [-0.1, -0.05) is 0 Å². The Balaban J connectivity index is 3.26. The van der Waals surface area contributed by atoms with Crippen LogP contribution in [-0.4, -0.2) is 33.7 Å². The Labute approximate surface area is 78.5 Å². The van der Waals surface area contributed by atoms with Crippen LogP contribution >= 0.6 is 0 Å². The molecule has 0 aliphatic heterocycles. The van der Waals surface area contributed by atoms with Crippen LogP contribution in [0.1, 0.15) is 13.3 Å².